The number of hydrogen-bond acceptors (Lipinski definition) is 4. The molecule has 1 aromatic carbocycles. The molecule has 2 N–H and O–H groups in total. The van der Waals surface area contributed by atoms with E-state index in [0.717, 1.165) is 29.9 Å². The third-order valence-electron chi connectivity index (χ3n) is 2.90. The van der Waals surface area contributed by atoms with Crippen molar-refractivity contribution >= 4 is 11.8 Å². The summed E-state index contributed by atoms with van der Waals surface area (Å²) in [4.78, 5) is 8.60. The highest BCUT2D eigenvalue weighted by molar-refractivity contribution is 5.46. The lowest BCUT2D eigenvalue weighted by atomic mass is 10.1. The molecule has 0 spiro atoms. The molecule has 2 rings (SSSR count). The zero-order valence-electron chi connectivity index (χ0n) is 11.8. The number of nitrogens with zero attached hydrogens (tertiary/aromatic N) is 2. The van der Waals surface area contributed by atoms with Gasteiger partial charge in [-0.2, -0.15) is 4.98 Å². The standard InChI is InChI=1S/C15H19FN4/c1-3-17-15-19-10-11(2)14(20-15)18-8-7-12-5-4-6-13(16)9-12/h4-6,9-10H,3,7-8H2,1-2H3,(H2,17,18,19,20). The summed E-state index contributed by atoms with van der Waals surface area (Å²) in [7, 11) is 0. The lowest BCUT2D eigenvalue weighted by molar-refractivity contribution is 0.625. The number of nitrogens with one attached hydrogen (secondary N) is 2. The summed E-state index contributed by atoms with van der Waals surface area (Å²) in [5, 5.41) is 6.35. The van der Waals surface area contributed by atoms with Gasteiger partial charge in [0.2, 0.25) is 5.95 Å². The van der Waals surface area contributed by atoms with Gasteiger partial charge in [0.1, 0.15) is 11.6 Å². The molecule has 1 aromatic heterocycles. The van der Waals surface area contributed by atoms with Gasteiger partial charge in [0.25, 0.3) is 0 Å². The Kier molecular flexibility index (Phi) is 4.87. The first-order chi connectivity index (χ1) is 9.69. The van der Waals surface area contributed by atoms with E-state index >= 15 is 0 Å². The fraction of sp³-hybridized carbons (Fsp3) is 0.333. The number of benzene rings is 1. The van der Waals surface area contributed by atoms with E-state index < -0.39 is 0 Å². The Labute approximate surface area is 118 Å². The summed E-state index contributed by atoms with van der Waals surface area (Å²) < 4.78 is 13.1. The van der Waals surface area contributed by atoms with Crippen LogP contribution < -0.4 is 10.6 Å². The van der Waals surface area contributed by atoms with Crippen molar-refractivity contribution in [3.8, 4) is 0 Å². The summed E-state index contributed by atoms with van der Waals surface area (Å²) in [6.07, 6.45) is 2.53. The molecule has 0 unspecified atom stereocenters. The minimum absolute atomic E-state index is 0.199. The fourth-order valence-electron chi connectivity index (χ4n) is 1.88. The highest BCUT2D eigenvalue weighted by Gasteiger charge is 2.03. The zero-order valence-corrected chi connectivity index (χ0v) is 11.8. The molecule has 0 saturated carbocycles. The fourth-order valence-corrected chi connectivity index (χ4v) is 1.88. The predicted octanol–water partition coefficient (Wildman–Crippen LogP) is 3.01. The maximum absolute atomic E-state index is 13.1. The van der Waals surface area contributed by atoms with Gasteiger partial charge < -0.3 is 10.6 Å². The van der Waals surface area contributed by atoms with Gasteiger partial charge in [0, 0.05) is 24.8 Å². The van der Waals surface area contributed by atoms with Crippen LogP contribution >= 0.6 is 0 Å². The van der Waals surface area contributed by atoms with Crippen molar-refractivity contribution in [2.24, 2.45) is 0 Å². The predicted molar refractivity (Wildman–Crippen MR) is 79.5 cm³/mol. The van der Waals surface area contributed by atoms with Crippen LogP contribution in [0.2, 0.25) is 0 Å². The molecular formula is C15H19FN4. The highest BCUT2D eigenvalue weighted by Crippen LogP contribution is 2.12. The second kappa shape index (κ2) is 6.84. The molecule has 0 fully saturated rings. The third kappa shape index (κ3) is 3.91. The van der Waals surface area contributed by atoms with Crippen LogP contribution in [0.15, 0.2) is 30.5 Å². The average molecular weight is 274 g/mol. The van der Waals surface area contributed by atoms with Gasteiger partial charge >= 0.3 is 0 Å². The van der Waals surface area contributed by atoms with E-state index in [9.17, 15) is 4.39 Å². The van der Waals surface area contributed by atoms with Crippen molar-refractivity contribution in [3.63, 3.8) is 0 Å². The molecule has 2 aromatic rings. The van der Waals surface area contributed by atoms with Crippen molar-refractivity contribution < 1.29 is 4.39 Å². The van der Waals surface area contributed by atoms with Crippen molar-refractivity contribution in [2.45, 2.75) is 20.3 Å². The first kappa shape index (κ1) is 14.2. The van der Waals surface area contributed by atoms with Crippen LogP contribution in [0, 0.1) is 12.7 Å². The van der Waals surface area contributed by atoms with Crippen molar-refractivity contribution in [3.05, 3.63) is 47.4 Å². The maximum Gasteiger partial charge on any atom is 0.224 e. The highest BCUT2D eigenvalue weighted by atomic mass is 19.1. The van der Waals surface area contributed by atoms with Gasteiger partial charge in [0.05, 0.1) is 0 Å². The molecule has 0 aliphatic rings. The molecule has 4 nitrogen and oxygen atoms in total. The summed E-state index contributed by atoms with van der Waals surface area (Å²) in [5.74, 6) is 1.23. The van der Waals surface area contributed by atoms with E-state index in [-0.39, 0.29) is 5.82 Å². The summed E-state index contributed by atoms with van der Waals surface area (Å²) in [5.41, 5.74) is 1.96. The molecule has 106 valence electrons. The van der Waals surface area contributed by atoms with Crippen LogP contribution in [-0.4, -0.2) is 23.1 Å². The third-order valence-corrected chi connectivity index (χ3v) is 2.90. The Balaban J connectivity index is 1.95. The largest absolute Gasteiger partial charge is 0.369 e. The maximum atomic E-state index is 13.1. The van der Waals surface area contributed by atoms with Gasteiger partial charge in [-0.15, -0.1) is 0 Å². The van der Waals surface area contributed by atoms with E-state index in [1.807, 2.05) is 19.9 Å². The molecule has 1 heterocycles. The Hall–Kier alpha value is -2.17. The van der Waals surface area contributed by atoms with Gasteiger partial charge in [0.15, 0.2) is 0 Å². The molecule has 0 saturated heterocycles. The minimum Gasteiger partial charge on any atom is -0.369 e. The first-order valence-electron chi connectivity index (χ1n) is 6.75. The number of aryl methyl sites for hydroxylation is 1. The Morgan fingerprint density at radius 2 is 2.10 bits per heavy atom. The van der Waals surface area contributed by atoms with Crippen molar-refractivity contribution in [2.75, 3.05) is 23.7 Å². The van der Waals surface area contributed by atoms with Crippen LogP contribution in [0.25, 0.3) is 0 Å². The Morgan fingerprint density at radius 1 is 1.25 bits per heavy atom. The molecule has 0 aliphatic carbocycles. The van der Waals surface area contributed by atoms with Crippen molar-refractivity contribution in [1.29, 1.82) is 0 Å². The summed E-state index contributed by atoms with van der Waals surface area (Å²) in [6.45, 7) is 5.44. The van der Waals surface area contributed by atoms with Crippen LogP contribution in [-0.2, 0) is 6.42 Å². The number of aromatic nitrogens is 2. The van der Waals surface area contributed by atoms with Gasteiger partial charge in [-0.25, -0.2) is 9.37 Å². The number of anilines is 2. The van der Waals surface area contributed by atoms with Crippen LogP contribution in [0.3, 0.4) is 0 Å². The average Bonchev–Trinajstić information content (AvgIpc) is 2.43. The number of rotatable bonds is 6. The first-order valence-corrected chi connectivity index (χ1v) is 6.75. The molecule has 0 bridgehead atoms. The van der Waals surface area contributed by atoms with Gasteiger partial charge in [-0.3, -0.25) is 0 Å². The molecule has 0 radical (unpaired) electrons. The second-order valence-corrected chi connectivity index (χ2v) is 4.56. The van der Waals surface area contributed by atoms with E-state index in [1.54, 1.807) is 18.3 Å². The monoisotopic (exact) mass is 274 g/mol. The minimum atomic E-state index is -0.199. The number of hydrogen-bond donors (Lipinski definition) is 2. The quantitative estimate of drug-likeness (QED) is 0.850. The van der Waals surface area contributed by atoms with E-state index in [4.69, 9.17) is 0 Å². The lowest BCUT2D eigenvalue weighted by Gasteiger charge is -2.10. The lowest BCUT2D eigenvalue weighted by Crippen LogP contribution is -2.10. The zero-order chi connectivity index (χ0) is 14.4. The van der Waals surface area contributed by atoms with Crippen LogP contribution in [0.5, 0.6) is 0 Å². The SMILES string of the molecule is CCNc1ncc(C)c(NCCc2cccc(F)c2)n1. The van der Waals surface area contributed by atoms with Gasteiger partial charge in [-0.1, -0.05) is 12.1 Å². The second-order valence-electron chi connectivity index (χ2n) is 4.56. The molecule has 0 aliphatic heterocycles. The van der Waals surface area contributed by atoms with Crippen LogP contribution in [0.4, 0.5) is 16.2 Å². The van der Waals surface area contributed by atoms with E-state index in [2.05, 4.69) is 20.6 Å². The topological polar surface area (TPSA) is 49.8 Å². The Morgan fingerprint density at radius 3 is 2.85 bits per heavy atom. The van der Waals surface area contributed by atoms with Crippen LogP contribution in [0.1, 0.15) is 18.1 Å². The molecule has 5 heteroatoms. The molecular weight excluding hydrogens is 255 g/mol. The number of halogens is 1. The smallest absolute Gasteiger partial charge is 0.224 e. The molecule has 0 amide bonds. The summed E-state index contributed by atoms with van der Waals surface area (Å²) >= 11 is 0. The molecule has 20 heavy (non-hydrogen) atoms. The summed E-state index contributed by atoms with van der Waals surface area (Å²) in [6, 6.07) is 6.65. The normalized spacial score (nSPS) is 10.3. The van der Waals surface area contributed by atoms with E-state index in [0.29, 0.717) is 12.5 Å². The van der Waals surface area contributed by atoms with Crippen molar-refractivity contribution in [1.82, 2.24) is 9.97 Å². The van der Waals surface area contributed by atoms with E-state index in [1.165, 1.54) is 6.07 Å². The van der Waals surface area contributed by atoms with Gasteiger partial charge in [-0.05, 0) is 38.0 Å². The molecule has 0 atom stereocenters. The Bertz CT molecular complexity index is 572.